The van der Waals surface area contributed by atoms with Crippen LogP contribution in [0.25, 0.3) is 11.0 Å². The zero-order valence-corrected chi connectivity index (χ0v) is 12.9. The molecular weight excluding hydrogens is 296 g/mol. The van der Waals surface area contributed by atoms with Gasteiger partial charge in [0.05, 0.1) is 14.2 Å². The van der Waals surface area contributed by atoms with E-state index in [0.29, 0.717) is 34.8 Å². The molecule has 5 nitrogen and oxygen atoms in total. The molecular formula is C18H16O5. The Morgan fingerprint density at radius 1 is 0.957 bits per heavy atom. The smallest absolute Gasteiger partial charge is 0.336 e. The first-order valence-electron chi connectivity index (χ1n) is 7.08. The van der Waals surface area contributed by atoms with Crippen molar-refractivity contribution in [2.24, 2.45) is 0 Å². The van der Waals surface area contributed by atoms with E-state index in [2.05, 4.69) is 0 Å². The molecule has 0 bridgehead atoms. The van der Waals surface area contributed by atoms with Crippen LogP contribution in [-0.2, 0) is 6.61 Å². The summed E-state index contributed by atoms with van der Waals surface area (Å²) >= 11 is 0. The maximum atomic E-state index is 11.5. The third-order valence-electron chi connectivity index (χ3n) is 3.43. The van der Waals surface area contributed by atoms with Gasteiger partial charge in [0.15, 0.2) is 11.3 Å². The predicted molar refractivity (Wildman–Crippen MR) is 86.4 cm³/mol. The zero-order chi connectivity index (χ0) is 16.2. The van der Waals surface area contributed by atoms with Gasteiger partial charge in [0.25, 0.3) is 0 Å². The maximum Gasteiger partial charge on any atom is 0.336 e. The van der Waals surface area contributed by atoms with Gasteiger partial charge in [-0.15, -0.1) is 0 Å². The van der Waals surface area contributed by atoms with Crippen LogP contribution in [0.1, 0.15) is 5.56 Å². The molecule has 3 aromatic rings. The van der Waals surface area contributed by atoms with Crippen molar-refractivity contribution in [2.75, 3.05) is 14.2 Å². The lowest BCUT2D eigenvalue weighted by Crippen LogP contribution is -2.02. The Labute approximate surface area is 133 Å². The fourth-order valence-corrected chi connectivity index (χ4v) is 2.36. The summed E-state index contributed by atoms with van der Waals surface area (Å²) in [5.74, 6) is 1.26. The maximum absolute atomic E-state index is 11.5. The van der Waals surface area contributed by atoms with Gasteiger partial charge in [0, 0.05) is 11.5 Å². The minimum atomic E-state index is -0.448. The van der Waals surface area contributed by atoms with E-state index in [0.717, 1.165) is 5.56 Å². The minimum Gasteiger partial charge on any atom is -0.490 e. The van der Waals surface area contributed by atoms with Crippen LogP contribution in [0.3, 0.4) is 0 Å². The highest BCUT2D eigenvalue weighted by molar-refractivity contribution is 5.88. The normalized spacial score (nSPS) is 10.5. The van der Waals surface area contributed by atoms with Crippen molar-refractivity contribution >= 4 is 11.0 Å². The number of methoxy groups -OCH3 is 2. The van der Waals surface area contributed by atoms with Crippen molar-refractivity contribution in [3.8, 4) is 17.2 Å². The van der Waals surface area contributed by atoms with Crippen LogP contribution in [0.2, 0.25) is 0 Å². The molecule has 1 aromatic heterocycles. The van der Waals surface area contributed by atoms with Crippen LogP contribution < -0.4 is 19.8 Å². The largest absolute Gasteiger partial charge is 0.490 e. The van der Waals surface area contributed by atoms with E-state index in [-0.39, 0.29) is 0 Å². The summed E-state index contributed by atoms with van der Waals surface area (Å²) in [6.07, 6.45) is 0. The lowest BCUT2D eigenvalue weighted by Gasteiger charge is -2.15. The highest BCUT2D eigenvalue weighted by Crippen LogP contribution is 2.43. The average Bonchev–Trinajstić information content (AvgIpc) is 2.59. The molecule has 23 heavy (non-hydrogen) atoms. The number of hydrogen-bond donors (Lipinski definition) is 0. The number of ether oxygens (including phenoxy) is 3. The third kappa shape index (κ3) is 2.99. The second kappa shape index (κ2) is 6.44. The summed E-state index contributed by atoms with van der Waals surface area (Å²) < 4.78 is 21.8. The van der Waals surface area contributed by atoms with Gasteiger partial charge in [-0.3, -0.25) is 0 Å². The van der Waals surface area contributed by atoms with Crippen LogP contribution in [0, 0.1) is 0 Å². The molecule has 0 aliphatic carbocycles. The van der Waals surface area contributed by atoms with Crippen LogP contribution >= 0.6 is 0 Å². The van der Waals surface area contributed by atoms with E-state index < -0.39 is 5.63 Å². The van der Waals surface area contributed by atoms with Crippen molar-refractivity contribution in [3.05, 3.63) is 64.5 Å². The highest BCUT2D eigenvalue weighted by Gasteiger charge is 2.18. The molecule has 0 amide bonds. The van der Waals surface area contributed by atoms with Crippen molar-refractivity contribution in [1.29, 1.82) is 0 Å². The summed E-state index contributed by atoms with van der Waals surface area (Å²) in [4.78, 5) is 11.5. The minimum absolute atomic E-state index is 0.337. The summed E-state index contributed by atoms with van der Waals surface area (Å²) in [5, 5.41) is 0.699. The second-order valence-electron chi connectivity index (χ2n) is 4.89. The van der Waals surface area contributed by atoms with Crippen LogP contribution in [-0.4, -0.2) is 14.2 Å². The number of fused-ring (bicyclic) bond motifs is 1. The van der Waals surface area contributed by atoms with Gasteiger partial charge in [-0.05, 0) is 17.7 Å². The Bertz CT molecular complexity index is 868. The molecule has 0 spiro atoms. The van der Waals surface area contributed by atoms with Gasteiger partial charge in [-0.2, -0.15) is 0 Å². The van der Waals surface area contributed by atoms with Gasteiger partial charge in [0.2, 0.25) is 11.5 Å². The first kappa shape index (κ1) is 15.0. The molecule has 118 valence electrons. The number of hydrogen-bond acceptors (Lipinski definition) is 5. The molecule has 0 radical (unpaired) electrons. The molecule has 0 aliphatic heterocycles. The molecule has 0 fully saturated rings. The summed E-state index contributed by atoms with van der Waals surface area (Å²) in [7, 11) is 3.01. The van der Waals surface area contributed by atoms with Crippen LogP contribution in [0.4, 0.5) is 0 Å². The molecule has 3 rings (SSSR count). The molecule has 0 aliphatic rings. The molecule has 0 saturated heterocycles. The summed E-state index contributed by atoms with van der Waals surface area (Å²) in [5.41, 5.74) is 0.924. The Morgan fingerprint density at radius 3 is 2.39 bits per heavy atom. The van der Waals surface area contributed by atoms with Gasteiger partial charge < -0.3 is 18.6 Å². The highest BCUT2D eigenvalue weighted by atomic mass is 16.5. The second-order valence-corrected chi connectivity index (χ2v) is 4.89. The third-order valence-corrected chi connectivity index (χ3v) is 3.43. The van der Waals surface area contributed by atoms with E-state index in [4.69, 9.17) is 18.6 Å². The Morgan fingerprint density at radius 2 is 1.70 bits per heavy atom. The fraction of sp³-hybridized carbons (Fsp3) is 0.167. The van der Waals surface area contributed by atoms with Gasteiger partial charge in [-0.1, -0.05) is 30.3 Å². The molecule has 5 heteroatoms. The monoisotopic (exact) mass is 312 g/mol. The average molecular weight is 312 g/mol. The van der Waals surface area contributed by atoms with Crippen molar-refractivity contribution in [1.82, 2.24) is 0 Å². The van der Waals surface area contributed by atoms with E-state index in [1.165, 1.54) is 20.3 Å². The van der Waals surface area contributed by atoms with E-state index in [9.17, 15) is 4.79 Å². The van der Waals surface area contributed by atoms with Crippen LogP contribution in [0.5, 0.6) is 17.2 Å². The topological polar surface area (TPSA) is 57.9 Å². The quantitative estimate of drug-likeness (QED) is 0.676. The van der Waals surface area contributed by atoms with Crippen LogP contribution in [0.15, 0.2) is 57.7 Å². The predicted octanol–water partition coefficient (Wildman–Crippen LogP) is 3.39. The summed E-state index contributed by atoms with van der Waals surface area (Å²) in [6.45, 7) is 0.392. The first-order chi connectivity index (χ1) is 11.2. The Kier molecular flexibility index (Phi) is 4.19. The molecule has 2 aromatic carbocycles. The van der Waals surface area contributed by atoms with E-state index in [1.54, 1.807) is 12.1 Å². The summed E-state index contributed by atoms with van der Waals surface area (Å²) in [6, 6.07) is 14.6. The molecule has 1 heterocycles. The molecule has 0 atom stereocenters. The van der Waals surface area contributed by atoms with Crippen molar-refractivity contribution < 1.29 is 18.6 Å². The standard InChI is InChI=1S/C18H16O5/c1-20-17-14(22-11-12-6-4-3-5-7-12)10-13-8-9-15(19)23-16(13)18(17)21-2/h3-10H,11H2,1-2H3. The molecule has 0 unspecified atom stereocenters. The van der Waals surface area contributed by atoms with E-state index >= 15 is 0 Å². The molecule has 0 saturated carbocycles. The Balaban J connectivity index is 2.05. The van der Waals surface area contributed by atoms with E-state index in [1.807, 2.05) is 30.3 Å². The SMILES string of the molecule is COc1c(OCc2ccccc2)cc2ccc(=O)oc2c1OC. The van der Waals surface area contributed by atoms with Crippen molar-refractivity contribution in [3.63, 3.8) is 0 Å². The number of benzene rings is 2. The zero-order valence-electron chi connectivity index (χ0n) is 12.9. The van der Waals surface area contributed by atoms with Gasteiger partial charge in [0.1, 0.15) is 6.61 Å². The van der Waals surface area contributed by atoms with Gasteiger partial charge >= 0.3 is 5.63 Å². The molecule has 0 N–H and O–H groups in total. The Hall–Kier alpha value is -2.95. The fourth-order valence-electron chi connectivity index (χ4n) is 2.36. The lowest BCUT2D eigenvalue weighted by atomic mass is 10.2. The first-order valence-corrected chi connectivity index (χ1v) is 7.08. The van der Waals surface area contributed by atoms with Gasteiger partial charge in [-0.25, -0.2) is 4.79 Å². The number of rotatable bonds is 5. The van der Waals surface area contributed by atoms with Crippen molar-refractivity contribution in [2.45, 2.75) is 6.61 Å². The lowest BCUT2D eigenvalue weighted by molar-refractivity contribution is 0.275.